The number of nitrogens with zero attached hydrogens (tertiary/aromatic N) is 1. The molecule has 1 aliphatic carbocycles. The molecule has 2 heterocycles. The van der Waals surface area contributed by atoms with Crippen molar-refractivity contribution in [3.05, 3.63) is 34.5 Å². The second-order valence-electron chi connectivity index (χ2n) is 7.65. The zero-order valence-electron chi connectivity index (χ0n) is 15.2. The second-order valence-corrected chi connectivity index (χ2v) is 9.67. The maximum Gasteiger partial charge on any atom is 0.264 e. The van der Waals surface area contributed by atoms with Gasteiger partial charge in [0.1, 0.15) is 5.15 Å². The molecule has 0 bridgehead atoms. The molecule has 26 heavy (non-hydrogen) atoms. The molecule has 142 valence electrons. The first kappa shape index (κ1) is 18.3. The lowest BCUT2D eigenvalue weighted by Gasteiger charge is -2.47. The van der Waals surface area contributed by atoms with Crippen molar-refractivity contribution in [3.63, 3.8) is 0 Å². The zero-order valence-corrected chi connectivity index (χ0v) is 16.7. The number of hydrogen-bond donors (Lipinski definition) is 1. The average Bonchev–Trinajstić information content (AvgIpc) is 2.90. The number of piperidine rings is 1. The van der Waals surface area contributed by atoms with Gasteiger partial charge in [0.25, 0.3) is 10.1 Å². The average molecular weight is 397 g/mol. The minimum atomic E-state index is -3.41. The van der Waals surface area contributed by atoms with Crippen LogP contribution in [-0.2, 0) is 20.7 Å². The highest BCUT2D eigenvalue weighted by Crippen LogP contribution is 2.46. The van der Waals surface area contributed by atoms with E-state index in [-0.39, 0.29) is 12.5 Å². The molecular weight excluding hydrogens is 372 g/mol. The number of aromatic nitrogens is 1. The van der Waals surface area contributed by atoms with Gasteiger partial charge in [-0.05, 0) is 48.9 Å². The van der Waals surface area contributed by atoms with Crippen LogP contribution in [0.3, 0.4) is 0 Å². The summed E-state index contributed by atoms with van der Waals surface area (Å²) in [7, 11) is -3.41. The predicted octanol–water partition coefficient (Wildman–Crippen LogP) is 3.54. The van der Waals surface area contributed by atoms with Gasteiger partial charge in [0, 0.05) is 29.4 Å². The highest BCUT2D eigenvalue weighted by Gasteiger charge is 2.41. The molecule has 3 atom stereocenters. The second kappa shape index (κ2) is 6.82. The first-order valence-corrected chi connectivity index (χ1v) is 11.4. The standard InChI is InChI=1S/C19H25ClN2O3S/c1-3-7-22-10-12(11-25-26(2,23)24)8-14-13-5-4-6-16-18(13)15(9-17(14)22)19(20)21-16/h4-6,12,14,17,21H,3,7-11H2,1-2H3/t12-,14-,17-/m1/s1. The Labute approximate surface area is 159 Å². The Hall–Kier alpha value is -1.08. The summed E-state index contributed by atoms with van der Waals surface area (Å²) in [5.74, 6) is 0.593. The monoisotopic (exact) mass is 396 g/mol. The molecule has 1 fully saturated rings. The third-order valence-electron chi connectivity index (χ3n) is 5.76. The number of likely N-dealkylation sites (tertiary alicyclic amines) is 1. The van der Waals surface area contributed by atoms with E-state index in [0.29, 0.717) is 12.0 Å². The molecule has 0 unspecified atom stereocenters. The first-order chi connectivity index (χ1) is 12.4. The van der Waals surface area contributed by atoms with E-state index < -0.39 is 10.1 Å². The minimum Gasteiger partial charge on any atom is -0.345 e. The number of H-pyrrole nitrogens is 1. The van der Waals surface area contributed by atoms with Gasteiger partial charge in [-0.3, -0.25) is 9.08 Å². The molecule has 1 aromatic carbocycles. The van der Waals surface area contributed by atoms with Crippen molar-refractivity contribution in [2.45, 2.75) is 38.1 Å². The molecular formula is C19H25ClN2O3S. The van der Waals surface area contributed by atoms with E-state index in [9.17, 15) is 8.42 Å². The summed E-state index contributed by atoms with van der Waals surface area (Å²) in [4.78, 5) is 5.82. The van der Waals surface area contributed by atoms with E-state index >= 15 is 0 Å². The van der Waals surface area contributed by atoms with Crippen molar-refractivity contribution in [1.82, 2.24) is 9.88 Å². The number of nitrogens with one attached hydrogen (secondary N) is 1. The smallest absolute Gasteiger partial charge is 0.264 e. The summed E-state index contributed by atoms with van der Waals surface area (Å²) >= 11 is 6.50. The van der Waals surface area contributed by atoms with Crippen molar-refractivity contribution in [2.75, 3.05) is 26.0 Å². The number of benzene rings is 1. The lowest BCUT2D eigenvalue weighted by atomic mass is 9.72. The summed E-state index contributed by atoms with van der Waals surface area (Å²) in [6.07, 6.45) is 4.08. The molecule has 0 amide bonds. The van der Waals surface area contributed by atoms with Gasteiger partial charge in [-0.1, -0.05) is 30.7 Å². The van der Waals surface area contributed by atoms with Gasteiger partial charge < -0.3 is 4.98 Å². The van der Waals surface area contributed by atoms with Crippen LogP contribution in [0.2, 0.25) is 5.15 Å². The molecule has 1 aromatic heterocycles. The molecule has 2 aromatic rings. The van der Waals surface area contributed by atoms with Crippen molar-refractivity contribution in [3.8, 4) is 0 Å². The largest absolute Gasteiger partial charge is 0.345 e. The highest BCUT2D eigenvalue weighted by atomic mass is 35.5. The Morgan fingerprint density at radius 3 is 2.92 bits per heavy atom. The summed E-state index contributed by atoms with van der Waals surface area (Å²) in [5, 5.41) is 2.02. The van der Waals surface area contributed by atoms with Crippen LogP contribution in [0.25, 0.3) is 10.9 Å². The molecule has 5 nitrogen and oxygen atoms in total. The van der Waals surface area contributed by atoms with Crippen LogP contribution in [0, 0.1) is 5.92 Å². The van der Waals surface area contributed by atoms with Gasteiger partial charge in [0.15, 0.2) is 0 Å². The molecule has 0 saturated carbocycles. The van der Waals surface area contributed by atoms with Gasteiger partial charge in [-0.2, -0.15) is 8.42 Å². The third-order valence-corrected chi connectivity index (χ3v) is 6.65. The van der Waals surface area contributed by atoms with Gasteiger partial charge in [-0.15, -0.1) is 0 Å². The molecule has 7 heteroatoms. The van der Waals surface area contributed by atoms with E-state index in [1.807, 2.05) is 0 Å². The number of rotatable bonds is 5. The van der Waals surface area contributed by atoms with Crippen LogP contribution in [-0.4, -0.2) is 50.3 Å². The molecule has 2 aliphatic rings. The Balaban J connectivity index is 1.70. The Morgan fingerprint density at radius 1 is 1.38 bits per heavy atom. The number of halogens is 1. The van der Waals surface area contributed by atoms with Crippen molar-refractivity contribution in [1.29, 1.82) is 0 Å². The van der Waals surface area contributed by atoms with E-state index in [4.69, 9.17) is 15.8 Å². The Kier molecular flexibility index (Phi) is 4.80. The SMILES string of the molecule is CCCN1C[C@H](COS(C)(=O)=O)C[C@@H]2c3cccc4[nH]c(Cl)c(c34)C[C@H]21. The van der Waals surface area contributed by atoms with Crippen molar-refractivity contribution < 1.29 is 12.6 Å². The van der Waals surface area contributed by atoms with Crippen LogP contribution in [0.1, 0.15) is 36.8 Å². The van der Waals surface area contributed by atoms with Crippen LogP contribution in [0.15, 0.2) is 18.2 Å². The molecule has 4 rings (SSSR count). The molecule has 0 spiro atoms. The van der Waals surface area contributed by atoms with Crippen LogP contribution < -0.4 is 0 Å². The number of fused-ring (bicyclic) bond motifs is 2. The Bertz CT molecular complexity index is 924. The maximum absolute atomic E-state index is 11.4. The number of hydrogen-bond acceptors (Lipinski definition) is 4. The van der Waals surface area contributed by atoms with Gasteiger partial charge in [0.2, 0.25) is 0 Å². The highest BCUT2D eigenvalue weighted by molar-refractivity contribution is 7.85. The first-order valence-electron chi connectivity index (χ1n) is 9.24. The fourth-order valence-corrected chi connectivity index (χ4v) is 5.54. The fraction of sp³-hybridized carbons (Fsp3) is 0.579. The lowest BCUT2D eigenvalue weighted by Crippen LogP contribution is -2.51. The summed E-state index contributed by atoms with van der Waals surface area (Å²) < 4.78 is 28.0. The molecule has 0 radical (unpaired) electrons. The molecule has 1 aliphatic heterocycles. The van der Waals surface area contributed by atoms with Gasteiger partial charge in [-0.25, -0.2) is 0 Å². The minimum absolute atomic E-state index is 0.212. The summed E-state index contributed by atoms with van der Waals surface area (Å²) in [5.41, 5.74) is 3.66. The van der Waals surface area contributed by atoms with E-state index in [2.05, 4.69) is 35.0 Å². The molecule has 1 N–H and O–H groups in total. The number of aromatic amines is 1. The third kappa shape index (κ3) is 3.28. The normalized spacial score (nSPS) is 26.2. The van der Waals surface area contributed by atoms with Gasteiger partial charge in [0.05, 0.1) is 12.9 Å². The zero-order chi connectivity index (χ0) is 18.5. The fourth-order valence-electron chi connectivity index (χ4n) is 4.83. The summed E-state index contributed by atoms with van der Waals surface area (Å²) in [6.45, 7) is 4.32. The Morgan fingerprint density at radius 2 is 2.19 bits per heavy atom. The van der Waals surface area contributed by atoms with Gasteiger partial charge >= 0.3 is 0 Å². The maximum atomic E-state index is 11.4. The van der Waals surface area contributed by atoms with E-state index in [0.717, 1.165) is 49.3 Å². The quantitative estimate of drug-likeness (QED) is 0.785. The van der Waals surface area contributed by atoms with E-state index in [1.165, 1.54) is 16.5 Å². The topological polar surface area (TPSA) is 62.4 Å². The van der Waals surface area contributed by atoms with Crippen molar-refractivity contribution in [2.24, 2.45) is 5.92 Å². The summed E-state index contributed by atoms with van der Waals surface area (Å²) in [6, 6.07) is 6.77. The van der Waals surface area contributed by atoms with Crippen LogP contribution in [0.4, 0.5) is 0 Å². The van der Waals surface area contributed by atoms with Crippen LogP contribution >= 0.6 is 11.6 Å². The van der Waals surface area contributed by atoms with Crippen molar-refractivity contribution >= 4 is 32.6 Å². The lowest BCUT2D eigenvalue weighted by molar-refractivity contribution is 0.0640. The molecule has 1 saturated heterocycles. The van der Waals surface area contributed by atoms with Crippen LogP contribution in [0.5, 0.6) is 0 Å². The predicted molar refractivity (Wildman–Crippen MR) is 104 cm³/mol. The van der Waals surface area contributed by atoms with E-state index in [1.54, 1.807) is 0 Å².